The summed E-state index contributed by atoms with van der Waals surface area (Å²) in [4.78, 5) is 56.4. The maximum atomic E-state index is 13.1. The number of unbranched alkanes of at least 4 members (excludes halogenated alkanes) is 16. The van der Waals surface area contributed by atoms with E-state index in [4.69, 9.17) is 28.4 Å². The van der Waals surface area contributed by atoms with Crippen molar-refractivity contribution in [2.75, 3.05) is 65.7 Å². The summed E-state index contributed by atoms with van der Waals surface area (Å²) in [5.41, 5.74) is 0. The molecule has 12 nitrogen and oxygen atoms in total. The minimum atomic E-state index is -0.690. The van der Waals surface area contributed by atoms with Gasteiger partial charge in [-0.1, -0.05) is 184 Å². The van der Waals surface area contributed by atoms with Gasteiger partial charge in [-0.2, -0.15) is 0 Å². The van der Waals surface area contributed by atoms with Crippen molar-refractivity contribution in [3.05, 3.63) is 0 Å². The molecule has 0 aliphatic carbocycles. The molecule has 0 saturated carbocycles. The van der Waals surface area contributed by atoms with Crippen molar-refractivity contribution < 1.29 is 47.6 Å². The van der Waals surface area contributed by atoms with E-state index in [-0.39, 0.29) is 37.4 Å². The summed E-state index contributed by atoms with van der Waals surface area (Å²) in [6.45, 7) is 23.1. The average molecular weight is 1030 g/mol. The SMILES string of the molecule is CCCCCCCC(CCCC(=O)OCC(CCCCC)CCCCC)OC(=O)OCCN(CCOC(=O)OC(CCCCCCC)CCCC(=O)OCC(CCCCC)CCCCC)CCN(CC)CC. The van der Waals surface area contributed by atoms with Crippen LogP contribution in [0.5, 0.6) is 0 Å². The van der Waals surface area contributed by atoms with Gasteiger partial charge in [-0.3, -0.25) is 14.5 Å². The Balaban J connectivity index is 5.34. The van der Waals surface area contributed by atoms with Crippen LogP contribution in [0.25, 0.3) is 0 Å². The molecule has 72 heavy (non-hydrogen) atoms. The number of ether oxygens (including phenoxy) is 6. The molecular weight excluding hydrogens is 909 g/mol. The Bertz CT molecular complexity index is 1130. The maximum absolute atomic E-state index is 13.1. The van der Waals surface area contributed by atoms with Crippen molar-refractivity contribution in [3.8, 4) is 0 Å². The lowest BCUT2D eigenvalue weighted by molar-refractivity contribution is -0.146. The fourth-order valence-corrected chi connectivity index (χ4v) is 9.36. The summed E-state index contributed by atoms with van der Waals surface area (Å²) in [6, 6.07) is 0. The van der Waals surface area contributed by atoms with Crippen LogP contribution in [-0.2, 0) is 38.0 Å². The molecule has 0 aromatic rings. The number of likely N-dealkylation sites (N-methyl/N-ethyl adjacent to an activating group) is 1. The highest BCUT2D eigenvalue weighted by Crippen LogP contribution is 2.22. The molecule has 0 aliphatic rings. The maximum Gasteiger partial charge on any atom is 0.508 e. The van der Waals surface area contributed by atoms with E-state index < -0.39 is 12.3 Å². The van der Waals surface area contributed by atoms with Crippen LogP contribution in [0.2, 0.25) is 0 Å². The molecule has 0 saturated heterocycles. The van der Waals surface area contributed by atoms with Crippen LogP contribution < -0.4 is 0 Å². The first kappa shape index (κ1) is 69.4. The Morgan fingerprint density at radius 3 is 0.986 bits per heavy atom. The van der Waals surface area contributed by atoms with Crippen LogP contribution >= 0.6 is 0 Å². The smallest absolute Gasteiger partial charge is 0.465 e. The molecule has 0 aliphatic heterocycles. The zero-order valence-electron chi connectivity index (χ0n) is 48.4. The minimum Gasteiger partial charge on any atom is -0.465 e. The van der Waals surface area contributed by atoms with Gasteiger partial charge in [0.2, 0.25) is 0 Å². The first-order chi connectivity index (χ1) is 35.1. The summed E-state index contributed by atoms with van der Waals surface area (Å²) >= 11 is 0. The Hall–Kier alpha value is -2.60. The molecule has 0 bridgehead atoms. The molecule has 0 spiro atoms. The Labute approximate surface area is 443 Å². The van der Waals surface area contributed by atoms with E-state index in [1.807, 2.05) is 0 Å². The van der Waals surface area contributed by atoms with Crippen LogP contribution in [0, 0.1) is 11.8 Å². The van der Waals surface area contributed by atoms with Gasteiger partial charge >= 0.3 is 24.2 Å². The summed E-state index contributed by atoms with van der Waals surface area (Å²) in [5, 5.41) is 0. The number of nitrogens with zero attached hydrogens (tertiary/aromatic N) is 2. The molecule has 0 heterocycles. The molecule has 2 unspecified atom stereocenters. The topological polar surface area (TPSA) is 130 Å². The van der Waals surface area contributed by atoms with E-state index in [1.54, 1.807) is 0 Å². The number of carbonyl (C=O) groups is 4. The number of rotatable bonds is 53. The molecular formula is C60H116N2O10. The van der Waals surface area contributed by atoms with Gasteiger partial charge in [-0.25, -0.2) is 9.59 Å². The van der Waals surface area contributed by atoms with Gasteiger partial charge in [0.05, 0.1) is 13.2 Å². The van der Waals surface area contributed by atoms with Crippen LogP contribution in [0.3, 0.4) is 0 Å². The molecule has 0 aromatic heterocycles. The average Bonchev–Trinajstić information content (AvgIpc) is 3.36. The van der Waals surface area contributed by atoms with Gasteiger partial charge in [-0.15, -0.1) is 0 Å². The van der Waals surface area contributed by atoms with E-state index >= 15 is 0 Å². The summed E-state index contributed by atoms with van der Waals surface area (Å²) in [7, 11) is 0. The number of hydrogen-bond acceptors (Lipinski definition) is 12. The summed E-state index contributed by atoms with van der Waals surface area (Å²) in [5.74, 6) is 0.515. The van der Waals surface area contributed by atoms with E-state index in [0.717, 1.165) is 110 Å². The summed E-state index contributed by atoms with van der Waals surface area (Å²) in [6.07, 6.45) is 32.2. The van der Waals surface area contributed by atoms with Crippen LogP contribution in [0.4, 0.5) is 9.59 Å². The standard InChI is InChI=1S/C60H116N2O10/c1-9-17-23-25-31-39-55(41-33-43-57(63)69-51-53(35-27-19-11-3)36-28-20-12-4)71-59(65)67-49-47-62(46-45-61(15-7)16-8)48-50-68-60(66)72-56(40-32-26-24-18-10-2)42-34-44-58(64)70-52-54(37-29-21-13-5)38-30-22-14-6/h53-56H,9-52H2,1-8H3. The van der Waals surface area contributed by atoms with Crippen LogP contribution in [0.1, 0.15) is 274 Å². The molecule has 0 N–H and O–H groups in total. The van der Waals surface area contributed by atoms with Gasteiger partial charge in [0.15, 0.2) is 0 Å². The first-order valence-electron chi connectivity index (χ1n) is 30.5. The van der Waals surface area contributed by atoms with Gasteiger partial charge in [0.25, 0.3) is 0 Å². The number of hydrogen-bond donors (Lipinski definition) is 0. The number of carbonyl (C=O) groups excluding carboxylic acids is 4. The van der Waals surface area contributed by atoms with E-state index in [1.165, 1.54) is 89.9 Å². The number of esters is 2. The Morgan fingerprint density at radius 1 is 0.333 bits per heavy atom. The van der Waals surface area contributed by atoms with Crippen molar-refractivity contribution in [3.63, 3.8) is 0 Å². The molecule has 0 aromatic carbocycles. The third kappa shape index (κ3) is 43.8. The highest BCUT2D eigenvalue weighted by Gasteiger charge is 2.21. The second-order valence-electron chi connectivity index (χ2n) is 20.8. The largest absolute Gasteiger partial charge is 0.508 e. The van der Waals surface area contributed by atoms with Crippen molar-refractivity contribution >= 4 is 24.2 Å². The van der Waals surface area contributed by atoms with Crippen LogP contribution in [0.15, 0.2) is 0 Å². The third-order valence-electron chi connectivity index (χ3n) is 14.3. The lowest BCUT2D eigenvalue weighted by atomic mass is 9.96. The van der Waals surface area contributed by atoms with Crippen LogP contribution in [-0.4, -0.2) is 112 Å². The second-order valence-corrected chi connectivity index (χ2v) is 20.8. The molecule has 0 radical (unpaired) electrons. The molecule has 0 amide bonds. The third-order valence-corrected chi connectivity index (χ3v) is 14.3. The highest BCUT2D eigenvalue weighted by atomic mass is 16.7. The van der Waals surface area contributed by atoms with Gasteiger partial charge in [-0.05, 0) is 102 Å². The lowest BCUT2D eigenvalue weighted by Crippen LogP contribution is -2.39. The predicted molar refractivity (Wildman–Crippen MR) is 297 cm³/mol. The zero-order valence-corrected chi connectivity index (χ0v) is 48.4. The molecule has 0 fully saturated rings. The quantitative estimate of drug-likeness (QED) is 0.0327. The van der Waals surface area contributed by atoms with Gasteiger partial charge in [0, 0.05) is 39.0 Å². The molecule has 12 heteroatoms. The van der Waals surface area contributed by atoms with Gasteiger partial charge < -0.3 is 33.3 Å². The van der Waals surface area contributed by atoms with E-state index in [9.17, 15) is 19.2 Å². The fourth-order valence-electron chi connectivity index (χ4n) is 9.36. The molecule has 2 atom stereocenters. The normalized spacial score (nSPS) is 12.4. The second kappa shape index (κ2) is 51.9. The highest BCUT2D eigenvalue weighted by molar-refractivity contribution is 5.69. The molecule has 0 rings (SSSR count). The van der Waals surface area contributed by atoms with E-state index in [0.29, 0.717) is 83.2 Å². The minimum absolute atomic E-state index is 0.135. The Kier molecular flexibility index (Phi) is 50.0. The predicted octanol–water partition coefficient (Wildman–Crippen LogP) is 16.4. The zero-order chi connectivity index (χ0) is 53.1. The lowest BCUT2D eigenvalue weighted by Gasteiger charge is -2.26. The van der Waals surface area contributed by atoms with Crippen molar-refractivity contribution in [2.24, 2.45) is 11.8 Å². The molecule has 426 valence electrons. The van der Waals surface area contributed by atoms with Crippen molar-refractivity contribution in [2.45, 2.75) is 286 Å². The van der Waals surface area contributed by atoms with Gasteiger partial charge in [0.1, 0.15) is 25.4 Å². The Morgan fingerprint density at radius 2 is 0.639 bits per heavy atom. The monoisotopic (exact) mass is 1020 g/mol. The van der Waals surface area contributed by atoms with Crippen molar-refractivity contribution in [1.29, 1.82) is 0 Å². The first-order valence-corrected chi connectivity index (χ1v) is 30.5. The van der Waals surface area contributed by atoms with Crippen molar-refractivity contribution in [1.82, 2.24) is 9.80 Å². The van der Waals surface area contributed by atoms with E-state index in [2.05, 4.69) is 65.2 Å². The summed E-state index contributed by atoms with van der Waals surface area (Å²) < 4.78 is 34.7. The fraction of sp³-hybridized carbons (Fsp3) is 0.933.